The third-order valence-corrected chi connectivity index (χ3v) is 3.54. The second-order valence-electron chi connectivity index (χ2n) is 4.44. The maximum Gasteiger partial charge on any atom is 0.00673 e. The van der Waals surface area contributed by atoms with E-state index in [0.29, 0.717) is 0 Å². The van der Waals surface area contributed by atoms with Gasteiger partial charge in [0.05, 0.1) is 0 Å². The number of hydrogen-bond donors (Lipinski definition) is 2. The van der Waals surface area contributed by atoms with Crippen molar-refractivity contribution in [3.63, 3.8) is 0 Å². The normalized spacial score (nSPS) is 28.8. The molecule has 1 saturated carbocycles. The van der Waals surface area contributed by atoms with Gasteiger partial charge in [0.2, 0.25) is 0 Å². The molecule has 70 valence electrons. The van der Waals surface area contributed by atoms with Gasteiger partial charge < -0.3 is 10.6 Å². The average molecular weight is 168 g/mol. The van der Waals surface area contributed by atoms with E-state index in [1.807, 2.05) is 0 Å². The van der Waals surface area contributed by atoms with E-state index in [0.717, 1.165) is 18.0 Å². The van der Waals surface area contributed by atoms with Crippen LogP contribution < -0.4 is 10.6 Å². The Balaban J connectivity index is 1.77. The van der Waals surface area contributed by atoms with E-state index in [-0.39, 0.29) is 0 Å². The van der Waals surface area contributed by atoms with Crippen molar-refractivity contribution in [1.29, 1.82) is 0 Å². The third-order valence-electron chi connectivity index (χ3n) is 3.54. The van der Waals surface area contributed by atoms with Crippen molar-refractivity contribution >= 4 is 0 Å². The molecular weight excluding hydrogens is 148 g/mol. The maximum absolute atomic E-state index is 3.55. The first-order chi connectivity index (χ1) is 5.85. The first kappa shape index (κ1) is 8.52. The quantitative estimate of drug-likeness (QED) is 0.646. The third kappa shape index (κ3) is 1.50. The van der Waals surface area contributed by atoms with Crippen LogP contribution in [0.4, 0.5) is 0 Å². The Morgan fingerprint density at radius 2 is 2.00 bits per heavy atom. The zero-order valence-electron chi connectivity index (χ0n) is 8.03. The van der Waals surface area contributed by atoms with Gasteiger partial charge in [0, 0.05) is 19.1 Å². The smallest absolute Gasteiger partial charge is 0.00673 e. The van der Waals surface area contributed by atoms with Crippen LogP contribution in [-0.2, 0) is 0 Å². The van der Waals surface area contributed by atoms with E-state index in [1.54, 1.807) is 0 Å². The highest BCUT2D eigenvalue weighted by Crippen LogP contribution is 2.39. The highest BCUT2D eigenvalue weighted by Gasteiger charge is 2.39. The van der Waals surface area contributed by atoms with E-state index in [9.17, 15) is 0 Å². The van der Waals surface area contributed by atoms with Crippen LogP contribution in [0.25, 0.3) is 0 Å². The van der Waals surface area contributed by atoms with Gasteiger partial charge in [-0.1, -0.05) is 6.92 Å². The molecular formula is C10H20N2. The molecule has 2 N–H and O–H groups in total. The largest absolute Gasteiger partial charge is 0.316 e. The predicted octanol–water partition coefficient (Wildman–Crippen LogP) is 1.13. The summed E-state index contributed by atoms with van der Waals surface area (Å²) >= 11 is 0. The fraction of sp³-hybridized carbons (Fsp3) is 1.00. The van der Waals surface area contributed by atoms with E-state index >= 15 is 0 Å². The summed E-state index contributed by atoms with van der Waals surface area (Å²) in [4.78, 5) is 0. The van der Waals surface area contributed by atoms with Crippen LogP contribution in [-0.4, -0.2) is 25.7 Å². The van der Waals surface area contributed by atoms with Gasteiger partial charge in [-0.3, -0.25) is 0 Å². The van der Waals surface area contributed by atoms with Gasteiger partial charge in [0.25, 0.3) is 0 Å². The number of hydrogen-bond acceptors (Lipinski definition) is 2. The van der Waals surface area contributed by atoms with Gasteiger partial charge in [-0.15, -0.1) is 0 Å². The maximum atomic E-state index is 3.55. The summed E-state index contributed by atoms with van der Waals surface area (Å²) in [5.41, 5.74) is 0.728. The summed E-state index contributed by atoms with van der Waals surface area (Å²) < 4.78 is 0. The monoisotopic (exact) mass is 168 g/mol. The Hall–Kier alpha value is -0.0800. The molecule has 1 spiro atoms. The summed E-state index contributed by atoms with van der Waals surface area (Å²) in [5.74, 6) is 0. The molecule has 0 bridgehead atoms. The van der Waals surface area contributed by atoms with E-state index in [2.05, 4.69) is 17.6 Å². The van der Waals surface area contributed by atoms with Crippen molar-refractivity contribution in [2.24, 2.45) is 5.41 Å². The van der Waals surface area contributed by atoms with E-state index in [1.165, 1.54) is 38.8 Å². The fourth-order valence-electron chi connectivity index (χ4n) is 2.56. The molecule has 1 heterocycles. The molecule has 1 aliphatic carbocycles. The van der Waals surface area contributed by atoms with Gasteiger partial charge in [-0.2, -0.15) is 0 Å². The van der Waals surface area contributed by atoms with Crippen LogP contribution in [0.2, 0.25) is 0 Å². The summed E-state index contributed by atoms with van der Waals surface area (Å²) in [6.45, 7) is 5.91. The molecule has 2 fully saturated rings. The Kier molecular flexibility index (Phi) is 2.37. The molecule has 0 aromatic carbocycles. The minimum absolute atomic E-state index is 0.728. The van der Waals surface area contributed by atoms with E-state index in [4.69, 9.17) is 0 Å². The highest BCUT2D eigenvalue weighted by molar-refractivity contribution is 4.96. The lowest BCUT2D eigenvalue weighted by Gasteiger charge is -2.47. The molecule has 0 amide bonds. The molecule has 2 nitrogen and oxygen atoms in total. The molecule has 0 radical (unpaired) electrons. The molecule has 2 heteroatoms. The Labute approximate surface area is 75.1 Å². The standard InChI is InChI=1S/C10H20N2/c1-2-12-9-3-5-10(6-4-9)7-11-8-10/h9,11-12H,2-8H2,1H3. The van der Waals surface area contributed by atoms with Crippen LogP contribution in [0, 0.1) is 5.41 Å². The first-order valence-corrected chi connectivity index (χ1v) is 5.29. The number of nitrogens with one attached hydrogen (secondary N) is 2. The van der Waals surface area contributed by atoms with Gasteiger partial charge in [0.1, 0.15) is 0 Å². The van der Waals surface area contributed by atoms with Crippen molar-refractivity contribution < 1.29 is 0 Å². The molecule has 0 atom stereocenters. The summed E-state index contributed by atoms with van der Waals surface area (Å²) in [5, 5.41) is 6.95. The first-order valence-electron chi connectivity index (χ1n) is 5.29. The van der Waals surface area contributed by atoms with Crippen molar-refractivity contribution in [2.75, 3.05) is 19.6 Å². The molecule has 0 unspecified atom stereocenters. The highest BCUT2D eigenvalue weighted by atomic mass is 15.0. The summed E-state index contributed by atoms with van der Waals surface area (Å²) in [6.07, 6.45) is 5.68. The minimum atomic E-state index is 0.728. The number of rotatable bonds is 2. The summed E-state index contributed by atoms with van der Waals surface area (Å²) in [7, 11) is 0. The van der Waals surface area contributed by atoms with Crippen molar-refractivity contribution in [3.05, 3.63) is 0 Å². The Morgan fingerprint density at radius 1 is 1.33 bits per heavy atom. The molecule has 12 heavy (non-hydrogen) atoms. The Morgan fingerprint density at radius 3 is 2.42 bits per heavy atom. The lowest BCUT2D eigenvalue weighted by molar-refractivity contribution is 0.0917. The lowest BCUT2D eigenvalue weighted by atomic mass is 9.68. The van der Waals surface area contributed by atoms with Crippen LogP contribution in [0.1, 0.15) is 32.6 Å². The lowest BCUT2D eigenvalue weighted by Crippen LogP contribution is -2.56. The molecule has 2 rings (SSSR count). The SMILES string of the molecule is CCNC1CCC2(CC1)CNC2. The molecule has 1 saturated heterocycles. The van der Waals surface area contributed by atoms with Crippen LogP contribution in [0.3, 0.4) is 0 Å². The average Bonchev–Trinajstić information content (AvgIpc) is 2.04. The van der Waals surface area contributed by atoms with Crippen LogP contribution >= 0.6 is 0 Å². The van der Waals surface area contributed by atoms with Crippen molar-refractivity contribution in [3.8, 4) is 0 Å². The fourth-order valence-corrected chi connectivity index (χ4v) is 2.56. The van der Waals surface area contributed by atoms with E-state index < -0.39 is 0 Å². The Bertz CT molecular complexity index is 142. The zero-order valence-corrected chi connectivity index (χ0v) is 8.03. The van der Waals surface area contributed by atoms with Gasteiger partial charge in [-0.05, 0) is 37.6 Å². The molecule has 2 aliphatic rings. The van der Waals surface area contributed by atoms with Crippen LogP contribution in [0.5, 0.6) is 0 Å². The van der Waals surface area contributed by atoms with Crippen LogP contribution in [0.15, 0.2) is 0 Å². The predicted molar refractivity (Wildman–Crippen MR) is 51.2 cm³/mol. The molecule has 1 aliphatic heterocycles. The minimum Gasteiger partial charge on any atom is -0.316 e. The van der Waals surface area contributed by atoms with Gasteiger partial charge in [0.15, 0.2) is 0 Å². The van der Waals surface area contributed by atoms with Gasteiger partial charge in [-0.25, -0.2) is 0 Å². The second-order valence-corrected chi connectivity index (χ2v) is 4.44. The summed E-state index contributed by atoms with van der Waals surface area (Å²) in [6, 6.07) is 0.821. The molecule has 0 aromatic rings. The molecule has 0 aromatic heterocycles. The van der Waals surface area contributed by atoms with Gasteiger partial charge >= 0.3 is 0 Å². The topological polar surface area (TPSA) is 24.1 Å². The van der Waals surface area contributed by atoms with Crippen molar-refractivity contribution in [1.82, 2.24) is 10.6 Å². The zero-order chi connectivity index (χ0) is 8.44. The van der Waals surface area contributed by atoms with Crippen molar-refractivity contribution in [2.45, 2.75) is 38.6 Å². The second kappa shape index (κ2) is 3.35.